The van der Waals surface area contributed by atoms with Gasteiger partial charge in [0.25, 0.3) is 5.91 Å². The van der Waals surface area contributed by atoms with Crippen molar-refractivity contribution in [3.63, 3.8) is 0 Å². The van der Waals surface area contributed by atoms with Crippen molar-refractivity contribution in [1.82, 2.24) is 25.6 Å². The number of nitrogens with zero attached hydrogens (tertiary/aromatic N) is 4. The summed E-state index contributed by atoms with van der Waals surface area (Å²) in [6.07, 6.45) is 5.68. The lowest BCUT2D eigenvalue weighted by molar-refractivity contribution is 0.102. The maximum atomic E-state index is 13.4. The number of H-pyrrole nitrogens is 1. The first-order valence-corrected chi connectivity index (χ1v) is 17.6. The highest BCUT2D eigenvalue weighted by atomic mass is 35.5. The molecular weight excluding hydrogens is 644 g/mol. The van der Waals surface area contributed by atoms with E-state index in [0.29, 0.717) is 46.6 Å². The Morgan fingerprint density at radius 1 is 1.09 bits per heavy atom. The van der Waals surface area contributed by atoms with E-state index in [1.807, 2.05) is 30.4 Å². The molecule has 0 fully saturated rings. The van der Waals surface area contributed by atoms with Gasteiger partial charge in [0.2, 0.25) is 0 Å². The molecule has 0 saturated carbocycles. The number of rotatable bonds is 14. The van der Waals surface area contributed by atoms with Crippen molar-refractivity contribution in [2.24, 2.45) is 5.92 Å². The van der Waals surface area contributed by atoms with Crippen LogP contribution in [0.15, 0.2) is 77.0 Å². The van der Waals surface area contributed by atoms with Gasteiger partial charge in [-0.05, 0) is 101 Å². The highest BCUT2D eigenvalue weighted by molar-refractivity contribution is 7.91. The van der Waals surface area contributed by atoms with Crippen LogP contribution < -0.4 is 10.1 Å². The second kappa shape index (κ2) is 15.3. The molecule has 2 aromatic heterocycles. The number of amides is 1. The smallest absolute Gasteiger partial charge is 0.255 e. The Morgan fingerprint density at radius 3 is 2.67 bits per heavy atom. The molecule has 1 amide bonds. The van der Waals surface area contributed by atoms with Crippen LogP contribution >= 0.6 is 22.9 Å². The molecule has 0 saturated heterocycles. The Balaban J connectivity index is 1.29. The van der Waals surface area contributed by atoms with E-state index in [2.05, 4.69) is 50.2 Å². The molecule has 0 radical (unpaired) electrons. The molecule has 0 atom stereocenters. The Bertz CT molecular complexity index is 1910. The summed E-state index contributed by atoms with van der Waals surface area (Å²) in [5.41, 5.74) is 3.69. The molecule has 46 heavy (non-hydrogen) atoms. The number of halogens is 1. The van der Waals surface area contributed by atoms with E-state index in [-0.39, 0.29) is 23.2 Å². The molecule has 238 valence electrons. The third-order valence-electron chi connectivity index (χ3n) is 6.85. The summed E-state index contributed by atoms with van der Waals surface area (Å²) >= 11 is 7.50. The zero-order valence-corrected chi connectivity index (χ0v) is 27.7. The number of hydrogen-bond acceptors (Lipinski definition) is 9. The second-order valence-electron chi connectivity index (χ2n) is 11.0. The Hall–Kier alpha value is -4.39. The van der Waals surface area contributed by atoms with Gasteiger partial charge >= 0.3 is 0 Å². The number of carbonyl (C=O) groups excluding carboxylic acids is 1. The van der Waals surface area contributed by atoms with Crippen LogP contribution in [-0.4, -0.2) is 45.7 Å². The summed E-state index contributed by atoms with van der Waals surface area (Å²) in [5.74, 6) is 1.02. The number of nitrogens with one attached hydrogen (secondary N) is 2. The van der Waals surface area contributed by atoms with Gasteiger partial charge in [-0.15, -0.1) is 16.4 Å². The lowest BCUT2D eigenvalue weighted by Crippen LogP contribution is -2.14. The minimum atomic E-state index is -3.47. The molecule has 13 heteroatoms. The first-order valence-electron chi connectivity index (χ1n) is 14.7. The van der Waals surface area contributed by atoms with Gasteiger partial charge in [-0.3, -0.25) is 4.79 Å². The molecule has 5 aromatic rings. The van der Waals surface area contributed by atoms with Crippen LogP contribution in [0, 0.1) is 5.92 Å². The molecule has 2 N–H and O–H groups in total. The number of aryl methyl sites for hydroxylation is 1. The highest BCUT2D eigenvalue weighted by Gasteiger charge is 2.16. The van der Waals surface area contributed by atoms with E-state index < -0.39 is 9.84 Å². The minimum absolute atomic E-state index is 0.0343. The summed E-state index contributed by atoms with van der Waals surface area (Å²) in [6, 6.07) is 18.8. The fourth-order valence-electron chi connectivity index (χ4n) is 4.63. The van der Waals surface area contributed by atoms with Gasteiger partial charge in [0, 0.05) is 16.0 Å². The topological polar surface area (TPSA) is 140 Å². The van der Waals surface area contributed by atoms with Crippen LogP contribution in [0.25, 0.3) is 12.2 Å². The molecule has 0 aliphatic carbocycles. The summed E-state index contributed by atoms with van der Waals surface area (Å²) in [5, 5.41) is 20.0. The number of thiazole rings is 1. The van der Waals surface area contributed by atoms with Gasteiger partial charge in [0.05, 0.1) is 22.0 Å². The molecule has 5 rings (SSSR count). The zero-order chi connectivity index (χ0) is 32.5. The van der Waals surface area contributed by atoms with E-state index >= 15 is 0 Å². The van der Waals surface area contributed by atoms with E-state index in [9.17, 15) is 13.2 Å². The van der Waals surface area contributed by atoms with Crippen molar-refractivity contribution in [2.75, 3.05) is 11.1 Å². The number of anilines is 1. The summed E-state index contributed by atoms with van der Waals surface area (Å²) in [7, 11) is -3.47. The average Bonchev–Trinajstić information content (AvgIpc) is 3.72. The molecular formula is C33H33ClN6O4S2. The largest absolute Gasteiger partial charge is 0.483 e. The molecule has 0 bridgehead atoms. The normalized spacial score (nSPS) is 11.7. The number of sulfone groups is 1. The van der Waals surface area contributed by atoms with Crippen molar-refractivity contribution in [3.8, 4) is 5.75 Å². The van der Waals surface area contributed by atoms with Crippen LogP contribution in [0.5, 0.6) is 5.75 Å². The molecule has 0 aliphatic rings. The zero-order valence-electron chi connectivity index (χ0n) is 25.3. The first-order chi connectivity index (χ1) is 22.1. The quantitative estimate of drug-likeness (QED) is 0.129. The number of hydrogen-bond donors (Lipinski definition) is 2. The minimum Gasteiger partial charge on any atom is -0.483 e. The SMILES string of the molecule is CC(C)Cc1csc(C=Cc2cccc(C(=O)Nc3cc(CCCS(=O)(=O)c4ccc(Cl)cc4)ccc3OCc3nnn[nH]3)c2)n1. The first kappa shape index (κ1) is 33.0. The molecule has 10 nitrogen and oxygen atoms in total. The van der Waals surface area contributed by atoms with E-state index in [1.54, 1.807) is 47.7 Å². The number of ether oxygens (including phenoxy) is 1. The number of tetrazole rings is 1. The third-order valence-corrected chi connectivity index (χ3v) is 9.78. The van der Waals surface area contributed by atoms with Crippen LogP contribution in [0.2, 0.25) is 5.02 Å². The van der Waals surface area contributed by atoms with E-state index in [0.717, 1.165) is 28.2 Å². The highest BCUT2D eigenvalue weighted by Crippen LogP contribution is 2.28. The van der Waals surface area contributed by atoms with Gasteiger partial charge in [0.1, 0.15) is 17.4 Å². The molecule has 0 unspecified atom stereocenters. The summed E-state index contributed by atoms with van der Waals surface area (Å²) in [4.78, 5) is 18.3. The second-order valence-corrected chi connectivity index (χ2v) is 14.5. The van der Waals surface area contributed by atoms with Crippen molar-refractivity contribution in [3.05, 3.63) is 110 Å². The monoisotopic (exact) mass is 676 g/mol. The number of carbonyl (C=O) groups is 1. The van der Waals surface area contributed by atoms with Crippen molar-refractivity contribution >= 4 is 56.5 Å². The number of aromatic amines is 1. The summed E-state index contributed by atoms with van der Waals surface area (Å²) < 4.78 is 31.5. The van der Waals surface area contributed by atoms with Gasteiger partial charge in [-0.1, -0.05) is 49.7 Å². The van der Waals surface area contributed by atoms with Crippen molar-refractivity contribution in [2.45, 2.75) is 44.6 Å². The lowest BCUT2D eigenvalue weighted by Gasteiger charge is -2.14. The van der Waals surface area contributed by atoms with Gasteiger partial charge in [-0.2, -0.15) is 0 Å². The summed E-state index contributed by atoms with van der Waals surface area (Å²) in [6.45, 7) is 4.40. The Kier molecular flexibility index (Phi) is 10.9. The lowest BCUT2D eigenvalue weighted by atomic mass is 10.1. The van der Waals surface area contributed by atoms with Gasteiger partial charge in [-0.25, -0.2) is 18.5 Å². The molecule has 2 heterocycles. The fourth-order valence-corrected chi connectivity index (χ4v) is 6.78. The number of benzene rings is 3. The van der Waals surface area contributed by atoms with Crippen LogP contribution in [-0.2, 0) is 29.3 Å². The van der Waals surface area contributed by atoms with Crippen LogP contribution in [0.3, 0.4) is 0 Å². The Morgan fingerprint density at radius 2 is 1.91 bits per heavy atom. The van der Waals surface area contributed by atoms with Gasteiger partial charge in [0.15, 0.2) is 15.7 Å². The molecule has 0 spiro atoms. The van der Waals surface area contributed by atoms with Crippen molar-refractivity contribution in [1.29, 1.82) is 0 Å². The number of aromatic nitrogens is 5. The Labute approximate surface area is 276 Å². The van der Waals surface area contributed by atoms with E-state index in [4.69, 9.17) is 16.3 Å². The van der Waals surface area contributed by atoms with E-state index in [1.165, 1.54) is 12.1 Å². The predicted octanol–water partition coefficient (Wildman–Crippen LogP) is 6.92. The van der Waals surface area contributed by atoms with Crippen molar-refractivity contribution < 1.29 is 17.9 Å². The van der Waals surface area contributed by atoms with Crippen LogP contribution in [0.1, 0.15) is 58.3 Å². The maximum Gasteiger partial charge on any atom is 0.255 e. The molecule has 3 aromatic carbocycles. The fraction of sp³-hybridized carbons (Fsp3) is 0.242. The maximum absolute atomic E-state index is 13.4. The average molecular weight is 677 g/mol. The predicted molar refractivity (Wildman–Crippen MR) is 181 cm³/mol. The molecule has 0 aliphatic heterocycles. The standard InChI is InChI=1S/C33H33ClN6O4S2/c1-22(2)17-27-21-45-32(35-27)15-9-23-5-3-7-25(18-23)33(41)36-29-19-24(8-14-30(29)44-20-31-37-39-40-38-31)6-4-16-46(42,43)28-12-10-26(34)11-13-28/h3,5,7-15,18-19,21-22H,4,6,16-17,20H2,1-2H3,(H,36,41)(H,37,38,39,40). The van der Waals surface area contributed by atoms with Crippen LogP contribution in [0.4, 0.5) is 5.69 Å². The van der Waals surface area contributed by atoms with Gasteiger partial charge < -0.3 is 10.1 Å². The third kappa shape index (κ3) is 9.32.